The molecule has 0 aliphatic rings. The molecule has 0 unspecified atom stereocenters. The number of likely N-dealkylation sites (N-methyl/N-ethyl adjacent to an activating group) is 1. The third kappa shape index (κ3) is 4.41. The van der Waals surface area contributed by atoms with E-state index in [4.69, 9.17) is 9.47 Å². The van der Waals surface area contributed by atoms with Crippen molar-refractivity contribution in [2.45, 2.75) is 20.8 Å². The lowest BCUT2D eigenvalue weighted by Crippen LogP contribution is -2.14. The highest BCUT2D eigenvalue weighted by Gasteiger charge is 2.04. The second-order valence-electron chi connectivity index (χ2n) is 4.11. The average Bonchev–Trinajstić information content (AvgIpc) is 2.38. The SMILES string of the molecule is CCNCC(C)=Cc1ccc(OCC)c(OC)c1. The molecule has 0 bridgehead atoms. The van der Waals surface area contributed by atoms with Gasteiger partial charge in [0.05, 0.1) is 13.7 Å². The Kier molecular flexibility index (Phi) is 6.29. The standard InChI is InChI=1S/C15H23NO2/c1-5-16-11-12(3)9-13-7-8-14(18-6-2)15(10-13)17-4/h7-10,16H,5-6,11H2,1-4H3. The monoisotopic (exact) mass is 249 g/mol. The molecule has 0 aliphatic heterocycles. The van der Waals surface area contributed by atoms with Crippen LogP contribution in [0.25, 0.3) is 6.08 Å². The largest absolute Gasteiger partial charge is 0.493 e. The fourth-order valence-electron chi connectivity index (χ4n) is 1.71. The molecule has 1 aromatic carbocycles. The summed E-state index contributed by atoms with van der Waals surface area (Å²) >= 11 is 0. The van der Waals surface area contributed by atoms with Crippen molar-refractivity contribution in [3.63, 3.8) is 0 Å². The lowest BCUT2D eigenvalue weighted by Gasteiger charge is -2.10. The van der Waals surface area contributed by atoms with Gasteiger partial charge in [-0.3, -0.25) is 0 Å². The predicted octanol–water partition coefficient (Wildman–Crippen LogP) is 3.11. The smallest absolute Gasteiger partial charge is 0.161 e. The first-order chi connectivity index (χ1) is 8.71. The summed E-state index contributed by atoms with van der Waals surface area (Å²) in [7, 11) is 1.66. The van der Waals surface area contributed by atoms with E-state index in [1.165, 1.54) is 5.57 Å². The molecule has 0 saturated carbocycles. The Hall–Kier alpha value is -1.48. The molecule has 0 aromatic heterocycles. The van der Waals surface area contributed by atoms with E-state index < -0.39 is 0 Å². The molecule has 3 nitrogen and oxygen atoms in total. The number of methoxy groups -OCH3 is 1. The fraction of sp³-hybridized carbons (Fsp3) is 0.467. The third-order valence-corrected chi connectivity index (χ3v) is 2.55. The highest BCUT2D eigenvalue weighted by molar-refractivity contribution is 5.58. The van der Waals surface area contributed by atoms with Gasteiger partial charge in [0.15, 0.2) is 11.5 Å². The quantitative estimate of drug-likeness (QED) is 0.805. The summed E-state index contributed by atoms with van der Waals surface area (Å²) in [5.74, 6) is 1.57. The Labute approximate surface area is 110 Å². The van der Waals surface area contributed by atoms with E-state index in [9.17, 15) is 0 Å². The molecule has 0 heterocycles. The van der Waals surface area contributed by atoms with Crippen molar-refractivity contribution in [1.82, 2.24) is 5.32 Å². The summed E-state index contributed by atoms with van der Waals surface area (Å²) < 4.78 is 10.8. The number of hydrogen-bond acceptors (Lipinski definition) is 3. The maximum atomic E-state index is 5.49. The summed E-state index contributed by atoms with van der Waals surface area (Å²) in [6, 6.07) is 6.00. The lowest BCUT2D eigenvalue weighted by atomic mass is 10.1. The van der Waals surface area contributed by atoms with Crippen molar-refractivity contribution < 1.29 is 9.47 Å². The van der Waals surface area contributed by atoms with Crippen molar-refractivity contribution in [3.05, 3.63) is 29.3 Å². The summed E-state index contributed by atoms with van der Waals surface area (Å²) in [6.45, 7) is 8.72. The molecule has 1 aromatic rings. The Morgan fingerprint density at radius 1 is 1.28 bits per heavy atom. The van der Waals surface area contributed by atoms with Crippen molar-refractivity contribution in [2.24, 2.45) is 0 Å². The average molecular weight is 249 g/mol. The molecule has 100 valence electrons. The van der Waals surface area contributed by atoms with Crippen LogP contribution in [0.15, 0.2) is 23.8 Å². The lowest BCUT2D eigenvalue weighted by molar-refractivity contribution is 0.311. The van der Waals surface area contributed by atoms with Gasteiger partial charge < -0.3 is 14.8 Å². The Balaban J connectivity index is 2.84. The van der Waals surface area contributed by atoms with Gasteiger partial charge in [-0.15, -0.1) is 0 Å². The molecule has 0 saturated heterocycles. The molecule has 0 aliphatic carbocycles. The number of rotatable bonds is 7. The van der Waals surface area contributed by atoms with Gasteiger partial charge in [0.25, 0.3) is 0 Å². The van der Waals surface area contributed by atoms with E-state index in [0.717, 1.165) is 30.2 Å². The highest BCUT2D eigenvalue weighted by atomic mass is 16.5. The summed E-state index contributed by atoms with van der Waals surface area (Å²) in [5.41, 5.74) is 2.42. The van der Waals surface area contributed by atoms with Gasteiger partial charge in [0.2, 0.25) is 0 Å². The Bertz CT molecular complexity index is 399. The van der Waals surface area contributed by atoms with Crippen LogP contribution in [-0.2, 0) is 0 Å². The number of nitrogens with one attached hydrogen (secondary N) is 1. The van der Waals surface area contributed by atoms with Crippen LogP contribution in [0.5, 0.6) is 11.5 Å². The second-order valence-corrected chi connectivity index (χ2v) is 4.11. The van der Waals surface area contributed by atoms with E-state index in [1.807, 2.05) is 25.1 Å². The first-order valence-corrected chi connectivity index (χ1v) is 6.40. The fourth-order valence-corrected chi connectivity index (χ4v) is 1.71. The second kappa shape index (κ2) is 7.77. The molecule has 0 fully saturated rings. The van der Waals surface area contributed by atoms with Gasteiger partial charge in [-0.2, -0.15) is 0 Å². The molecule has 0 radical (unpaired) electrons. The van der Waals surface area contributed by atoms with Crippen LogP contribution in [0, 0.1) is 0 Å². The van der Waals surface area contributed by atoms with Crippen LogP contribution < -0.4 is 14.8 Å². The highest BCUT2D eigenvalue weighted by Crippen LogP contribution is 2.28. The number of benzene rings is 1. The molecule has 0 atom stereocenters. The Morgan fingerprint density at radius 3 is 2.67 bits per heavy atom. The number of hydrogen-bond donors (Lipinski definition) is 1. The normalized spacial score (nSPS) is 11.4. The molecule has 18 heavy (non-hydrogen) atoms. The maximum absolute atomic E-state index is 5.49. The van der Waals surface area contributed by atoms with Crippen LogP contribution >= 0.6 is 0 Å². The molecule has 0 amide bonds. The van der Waals surface area contributed by atoms with Gasteiger partial charge in [-0.05, 0) is 38.1 Å². The molecule has 1 N–H and O–H groups in total. The summed E-state index contributed by atoms with van der Waals surface area (Å²) in [5, 5.41) is 3.30. The van der Waals surface area contributed by atoms with E-state index in [2.05, 4.69) is 25.2 Å². The first-order valence-electron chi connectivity index (χ1n) is 6.40. The van der Waals surface area contributed by atoms with Gasteiger partial charge in [-0.1, -0.05) is 24.6 Å². The van der Waals surface area contributed by atoms with Crippen molar-refractivity contribution in [1.29, 1.82) is 0 Å². The van der Waals surface area contributed by atoms with Crippen LogP contribution in [-0.4, -0.2) is 26.8 Å². The van der Waals surface area contributed by atoms with E-state index >= 15 is 0 Å². The minimum atomic E-state index is 0.644. The first kappa shape index (κ1) is 14.6. The minimum Gasteiger partial charge on any atom is -0.493 e. The van der Waals surface area contributed by atoms with E-state index in [-0.39, 0.29) is 0 Å². The maximum Gasteiger partial charge on any atom is 0.161 e. The van der Waals surface area contributed by atoms with Gasteiger partial charge in [0, 0.05) is 6.54 Å². The van der Waals surface area contributed by atoms with Crippen molar-refractivity contribution in [3.8, 4) is 11.5 Å². The van der Waals surface area contributed by atoms with E-state index in [0.29, 0.717) is 6.61 Å². The zero-order valence-electron chi connectivity index (χ0n) is 11.7. The molecule has 3 heteroatoms. The van der Waals surface area contributed by atoms with Gasteiger partial charge in [-0.25, -0.2) is 0 Å². The zero-order chi connectivity index (χ0) is 13.4. The van der Waals surface area contributed by atoms with Crippen LogP contribution in [0.1, 0.15) is 26.3 Å². The van der Waals surface area contributed by atoms with Crippen molar-refractivity contribution >= 4 is 6.08 Å². The van der Waals surface area contributed by atoms with Gasteiger partial charge in [0.1, 0.15) is 0 Å². The zero-order valence-corrected chi connectivity index (χ0v) is 11.7. The minimum absolute atomic E-state index is 0.644. The van der Waals surface area contributed by atoms with Crippen LogP contribution in [0.4, 0.5) is 0 Å². The number of ether oxygens (including phenoxy) is 2. The Morgan fingerprint density at radius 2 is 2.06 bits per heavy atom. The molecular formula is C15H23NO2. The van der Waals surface area contributed by atoms with Crippen molar-refractivity contribution in [2.75, 3.05) is 26.8 Å². The van der Waals surface area contributed by atoms with Gasteiger partial charge >= 0.3 is 0 Å². The topological polar surface area (TPSA) is 30.5 Å². The predicted molar refractivity (Wildman–Crippen MR) is 76.4 cm³/mol. The molecule has 0 spiro atoms. The molecule has 1 rings (SSSR count). The third-order valence-electron chi connectivity index (χ3n) is 2.55. The summed E-state index contributed by atoms with van der Waals surface area (Å²) in [4.78, 5) is 0. The summed E-state index contributed by atoms with van der Waals surface area (Å²) in [6.07, 6.45) is 2.15. The van der Waals surface area contributed by atoms with Crippen LogP contribution in [0.2, 0.25) is 0 Å². The van der Waals surface area contributed by atoms with E-state index in [1.54, 1.807) is 7.11 Å². The molecular weight excluding hydrogens is 226 g/mol. The van der Waals surface area contributed by atoms with Crippen LogP contribution in [0.3, 0.4) is 0 Å².